The van der Waals surface area contributed by atoms with Gasteiger partial charge in [-0.15, -0.1) is 11.6 Å². The number of aromatic hydroxyl groups is 1. The van der Waals surface area contributed by atoms with Crippen LogP contribution < -0.4 is 0 Å². The number of rotatable bonds is 6. The Morgan fingerprint density at radius 1 is 1.50 bits per heavy atom. The molecule has 0 saturated heterocycles. The summed E-state index contributed by atoms with van der Waals surface area (Å²) in [4.78, 5) is 22.0. The highest BCUT2D eigenvalue weighted by Crippen LogP contribution is 2.26. The number of carbonyl (C=O) groups excluding carboxylic acids is 1. The standard InChI is InChI=1S/C14H12ClN3O4/c15-5-6-17-9-10(8-16-17)1-3-13(19)11-2-4-14(20)12(7-11)18(21)22/h1-4,7-9,20H,5-6H2. The van der Waals surface area contributed by atoms with Gasteiger partial charge in [0, 0.05) is 29.3 Å². The van der Waals surface area contributed by atoms with Crippen molar-refractivity contribution in [2.75, 3.05) is 5.88 Å². The molecule has 1 N–H and O–H groups in total. The molecular weight excluding hydrogens is 310 g/mol. The molecule has 0 aliphatic carbocycles. The molecular formula is C14H12ClN3O4. The molecule has 0 aliphatic rings. The van der Waals surface area contributed by atoms with Gasteiger partial charge in [0.05, 0.1) is 17.7 Å². The predicted octanol–water partition coefficient (Wildman–Crippen LogP) is 2.63. The number of halogens is 1. The van der Waals surface area contributed by atoms with Gasteiger partial charge < -0.3 is 5.11 Å². The summed E-state index contributed by atoms with van der Waals surface area (Å²) in [6, 6.07) is 3.49. The highest BCUT2D eigenvalue weighted by Gasteiger charge is 2.15. The SMILES string of the molecule is O=C(C=Cc1cnn(CCCl)c1)c1ccc(O)c([N+](=O)[O-])c1. The Balaban J connectivity index is 2.16. The lowest BCUT2D eigenvalue weighted by Gasteiger charge is -1.98. The molecule has 2 aromatic rings. The Kier molecular flexibility index (Phi) is 4.90. The minimum absolute atomic E-state index is 0.119. The van der Waals surface area contributed by atoms with Crippen LogP contribution in [0.3, 0.4) is 0 Å². The van der Waals surface area contributed by atoms with E-state index in [1.54, 1.807) is 23.2 Å². The lowest BCUT2D eigenvalue weighted by molar-refractivity contribution is -0.385. The summed E-state index contributed by atoms with van der Waals surface area (Å²) in [5, 5.41) is 24.1. The Morgan fingerprint density at radius 3 is 2.95 bits per heavy atom. The maximum Gasteiger partial charge on any atom is 0.311 e. The number of hydrogen-bond donors (Lipinski definition) is 1. The summed E-state index contributed by atoms with van der Waals surface area (Å²) in [6.45, 7) is 0.563. The Hall–Kier alpha value is -2.67. The minimum atomic E-state index is -0.744. The van der Waals surface area contributed by atoms with Crippen LogP contribution in [0.2, 0.25) is 0 Å². The molecule has 7 nitrogen and oxygen atoms in total. The van der Waals surface area contributed by atoms with Gasteiger partial charge >= 0.3 is 5.69 Å². The van der Waals surface area contributed by atoms with Crippen molar-refractivity contribution >= 4 is 29.1 Å². The molecule has 0 bridgehead atoms. The number of nitro groups is 1. The van der Waals surface area contributed by atoms with Gasteiger partial charge in [-0.25, -0.2) is 0 Å². The van der Waals surface area contributed by atoms with Crippen LogP contribution in [0.15, 0.2) is 36.7 Å². The molecule has 2 rings (SSSR count). The van der Waals surface area contributed by atoms with Gasteiger partial charge in [-0.05, 0) is 24.3 Å². The number of ketones is 1. The molecule has 114 valence electrons. The van der Waals surface area contributed by atoms with E-state index < -0.39 is 22.1 Å². The van der Waals surface area contributed by atoms with Gasteiger partial charge in [0.15, 0.2) is 11.5 Å². The summed E-state index contributed by atoms with van der Waals surface area (Å²) in [7, 11) is 0. The van der Waals surface area contributed by atoms with E-state index in [4.69, 9.17) is 11.6 Å². The van der Waals surface area contributed by atoms with Crippen molar-refractivity contribution < 1.29 is 14.8 Å². The third kappa shape index (κ3) is 3.70. The molecule has 0 unspecified atom stereocenters. The van der Waals surface area contributed by atoms with E-state index in [1.807, 2.05) is 0 Å². The highest BCUT2D eigenvalue weighted by molar-refractivity contribution is 6.17. The van der Waals surface area contributed by atoms with Crippen molar-refractivity contribution in [3.05, 3.63) is 57.9 Å². The summed E-state index contributed by atoms with van der Waals surface area (Å²) >= 11 is 5.60. The zero-order chi connectivity index (χ0) is 16.1. The maximum absolute atomic E-state index is 12.0. The second-order valence-electron chi connectivity index (χ2n) is 4.38. The van der Waals surface area contributed by atoms with Crippen molar-refractivity contribution in [3.8, 4) is 5.75 Å². The van der Waals surface area contributed by atoms with E-state index in [0.717, 1.165) is 12.1 Å². The zero-order valence-corrected chi connectivity index (χ0v) is 12.1. The van der Waals surface area contributed by atoms with Crippen molar-refractivity contribution in [1.82, 2.24) is 9.78 Å². The second kappa shape index (κ2) is 6.86. The highest BCUT2D eigenvalue weighted by atomic mass is 35.5. The van der Waals surface area contributed by atoms with E-state index in [2.05, 4.69) is 5.10 Å². The van der Waals surface area contributed by atoms with Gasteiger partial charge in [0.25, 0.3) is 0 Å². The monoisotopic (exact) mass is 321 g/mol. The number of hydrogen-bond acceptors (Lipinski definition) is 5. The number of benzene rings is 1. The first-order valence-electron chi connectivity index (χ1n) is 6.29. The van der Waals surface area contributed by atoms with Gasteiger partial charge in [-0.3, -0.25) is 19.6 Å². The van der Waals surface area contributed by atoms with Crippen molar-refractivity contribution in [3.63, 3.8) is 0 Å². The van der Waals surface area contributed by atoms with Crippen LogP contribution in [0.4, 0.5) is 5.69 Å². The van der Waals surface area contributed by atoms with Crippen LogP contribution in [0.25, 0.3) is 6.08 Å². The number of carbonyl (C=O) groups is 1. The molecule has 0 amide bonds. The van der Waals surface area contributed by atoms with Gasteiger partial charge in [-0.2, -0.15) is 5.10 Å². The molecule has 1 aromatic carbocycles. The first-order valence-corrected chi connectivity index (χ1v) is 6.83. The van der Waals surface area contributed by atoms with Crippen LogP contribution in [-0.2, 0) is 6.54 Å². The molecule has 0 atom stereocenters. The average Bonchev–Trinajstić information content (AvgIpc) is 2.93. The molecule has 22 heavy (non-hydrogen) atoms. The molecule has 1 aromatic heterocycles. The summed E-state index contributed by atoms with van der Waals surface area (Å²) < 4.78 is 1.64. The third-order valence-electron chi connectivity index (χ3n) is 2.85. The Morgan fingerprint density at radius 2 is 2.27 bits per heavy atom. The number of aryl methyl sites for hydroxylation is 1. The first-order chi connectivity index (χ1) is 10.5. The predicted molar refractivity (Wildman–Crippen MR) is 81.1 cm³/mol. The lowest BCUT2D eigenvalue weighted by atomic mass is 10.1. The van der Waals surface area contributed by atoms with E-state index in [9.17, 15) is 20.0 Å². The number of alkyl halides is 1. The summed E-state index contributed by atoms with van der Waals surface area (Å²) in [6.07, 6.45) is 6.15. The van der Waals surface area contributed by atoms with Crippen molar-refractivity contribution in [2.45, 2.75) is 6.54 Å². The average molecular weight is 322 g/mol. The number of phenols is 1. The summed E-state index contributed by atoms with van der Waals surface area (Å²) in [5.41, 5.74) is 0.329. The molecule has 0 fully saturated rings. The van der Waals surface area contributed by atoms with Crippen LogP contribution in [0, 0.1) is 10.1 Å². The molecule has 0 radical (unpaired) electrons. The van der Waals surface area contributed by atoms with E-state index >= 15 is 0 Å². The fourth-order valence-electron chi connectivity index (χ4n) is 1.77. The number of nitro benzene ring substituents is 1. The maximum atomic E-state index is 12.0. The second-order valence-corrected chi connectivity index (χ2v) is 4.76. The normalized spacial score (nSPS) is 11.0. The quantitative estimate of drug-likeness (QED) is 0.290. The number of nitrogens with zero attached hydrogens (tertiary/aromatic N) is 3. The summed E-state index contributed by atoms with van der Waals surface area (Å²) in [5.74, 6) is -0.456. The topological polar surface area (TPSA) is 98.3 Å². The van der Waals surface area contributed by atoms with Gasteiger partial charge in [0.1, 0.15) is 0 Å². The first kappa shape index (κ1) is 15.7. The molecule has 0 saturated carbocycles. The minimum Gasteiger partial charge on any atom is -0.502 e. The number of aromatic nitrogens is 2. The fourth-order valence-corrected chi connectivity index (χ4v) is 1.94. The fraction of sp³-hybridized carbons (Fsp3) is 0.143. The van der Waals surface area contributed by atoms with Crippen LogP contribution in [0.5, 0.6) is 5.75 Å². The van der Waals surface area contributed by atoms with Crippen LogP contribution >= 0.6 is 11.6 Å². The van der Waals surface area contributed by atoms with Gasteiger partial charge in [-0.1, -0.05) is 0 Å². The Bertz CT molecular complexity index is 739. The number of phenolic OH excluding ortho intramolecular Hbond substituents is 1. The van der Waals surface area contributed by atoms with Crippen LogP contribution in [0.1, 0.15) is 15.9 Å². The van der Waals surface area contributed by atoms with Crippen molar-refractivity contribution in [1.29, 1.82) is 0 Å². The zero-order valence-electron chi connectivity index (χ0n) is 11.3. The van der Waals surface area contributed by atoms with Crippen LogP contribution in [-0.4, -0.2) is 31.5 Å². The molecule has 1 heterocycles. The number of allylic oxidation sites excluding steroid dienone is 1. The van der Waals surface area contributed by atoms with Crippen molar-refractivity contribution in [2.24, 2.45) is 0 Å². The molecule has 0 spiro atoms. The molecule has 8 heteroatoms. The van der Waals surface area contributed by atoms with E-state index in [-0.39, 0.29) is 5.56 Å². The lowest BCUT2D eigenvalue weighted by Crippen LogP contribution is -1.98. The van der Waals surface area contributed by atoms with E-state index in [0.29, 0.717) is 18.0 Å². The Labute approximate surface area is 130 Å². The van der Waals surface area contributed by atoms with E-state index in [1.165, 1.54) is 12.1 Å². The third-order valence-corrected chi connectivity index (χ3v) is 3.02. The molecule has 0 aliphatic heterocycles. The largest absolute Gasteiger partial charge is 0.502 e. The van der Waals surface area contributed by atoms with Gasteiger partial charge in [0.2, 0.25) is 0 Å². The smallest absolute Gasteiger partial charge is 0.311 e.